The summed E-state index contributed by atoms with van der Waals surface area (Å²) in [6, 6.07) is 15.5. The molecule has 0 saturated heterocycles. The molecule has 1 N–H and O–H groups in total. The predicted molar refractivity (Wildman–Crippen MR) is 119 cm³/mol. The second kappa shape index (κ2) is 7.81. The Bertz CT molecular complexity index is 1290. The Hall–Kier alpha value is -2.20. The van der Waals surface area contributed by atoms with E-state index in [1.165, 1.54) is 15.6 Å². The molecule has 4 rings (SSSR count). The average Bonchev–Trinajstić information content (AvgIpc) is 3.15. The number of hydrogen-bond donors (Lipinski definition) is 1. The van der Waals surface area contributed by atoms with Gasteiger partial charge in [0.15, 0.2) is 0 Å². The van der Waals surface area contributed by atoms with E-state index >= 15 is 0 Å². The van der Waals surface area contributed by atoms with Gasteiger partial charge in [0.1, 0.15) is 4.21 Å². The normalized spacial score (nSPS) is 15.0. The van der Waals surface area contributed by atoms with Gasteiger partial charge < -0.3 is 0 Å². The summed E-state index contributed by atoms with van der Waals surface area (Å²) in [6.45, 7) is 4.36. The van der Waals surface area contributed by atoms with Crippen LogP contribution in [0.1, 0.15) is 21.6 Å². The molecule has 0 spiro atoms. The number of rotatable bonds is 5. The molecule has 0 saturated carbocycles. The minimum atomic E-state index is -3.67. The fourth-order valence-corrected chi connectivity index (χ4v) is 7.17. The zero-order valence-electron chi connectivity index (χ0n) is 16.6. The molecule has 0 aliphatic carbocycles. The van der Waals surface area contributed by atoms with Crippen LogP contribution in [0.3, 0.4) is 0 Å². The van der Waals surface area contributed by atoms with Crippen LogP contribution >= 0.6 is 11.3 Å². The summed E-state index contributed by atoms with van der Waals surface area (Å²) < 4.78 is 55.6. The molecule has 2 heterocycles. The molecular formula is C21H22N2O4S3. The van der Waals surface area contributed by atoms with E-state index < -0.39 is 20.0 Å². The molecule has 3 aromatic rings. The van der Waals surface area contributed by atoms with Gasteiger partial charge in [-0.15, -0.1) is 11.3 Å². The molecule has 2 aromatic carbocycles. The third kappa shape index (κ3) is 4.15. The Morgan fingerprint density at radius 1 is 0.900 bits per heavy atom. The Morgan fingerprint density at radius 3 is 2.30 bits per heavy atom. The topological polar surface area (TPSA) is 83.6 Å². The van der Waals surface area contributed by atoms with E-state index in [9.17, 15) is 16.8 Å². The van der Waals surface area contributed by atoms with Gasteiger partial charge in [0.25, 0.3) is 10.0 Å². The summed E-state index contributed by atoms with van der Waals surface area (Å²) in [5, 5.41) is 0. The van der Waals surface area contributed by atoms with Crippen molar-refractivity contribution >= 4 is 37.1 Å². The maximum Gasteiger partial charge on any atom is 0.271 e. The maximum atomic E-state index is 13.0. The zero-order valence-corrected chi connectivity index (χ0v) is 19.1. The van der Waals surface area contributed by atoms with Crippen molar-refractivity contribution in [3.63, 3.8) is 0 Å². The van der Waals surface area contributed by atoms with Crippen molar-refractivity contribution in [2.45, 2.75) is 35.9 Å². The van der Waals surface area contributed by atoms with E-state index in [4.69, 9.17) is 0 Å². The van der Waals surface area contributed by atoms with E-state index in [1.54, 1.807) is 48.5 Å². The Kier molecular flexibility index (Phi) is 5.48. The van der Waals surface area contributed by atoms with Crippen LogP contribution in [-0.2, 0) is 33.0 Å². The van der Waals surface area contributed by atoms with Crippen molar-refractivity contribution < 1.29 is 16.8 Å². The van der Waals surface area contributed by atoms with Gasteiger partial charge in [-0.1, -0.05) is 23.8 Å². The van der Waals surface area contributed by atoms with Gasteiger partial charge in [-0.25, -0.2) is 16.8 Å². The molecule has 6 nitrogen and oxygen atoms in total. The molecule has 1 aliphatic rings. The number of sulfonamides is 2. The first-order valence-electron chi connectivity index (χ1n) is 9.43. The summed E-state index contributed by atoms with van der Waals surface area (Å²) >= 11 is 1.21. The smallest absolute Gasteiger partial charge is 0.271 e. The van der Waals surface area contributed by atoms with E-state index in [-0.39, 0.29) is 15.6 Å². The number of fused-ring (bicyclic) bond motifs is 1. The van der Waals surface area contributed by atoms with Crippen LogP contribution in [0.2, 0.25) is 0 Å². The molecule has 158 valence electrons. The number of benzene rings is 2. The van der Waals surface area contributed by atoms with Crippen LogP contribution in [0.15, 0.2) is 63.7 Å². The van der Waals surface area contributed by atoms with E-state index in [2.05, 4.69) is 4.72 Å². The lowest BCUT2D eigenvalue weighted by molar-refractivity contribution is 0.391. The molecule has 0 radical (unpaired) electrons. The fraction of sp³-hybridized carbons (Fsp3) is 0.238. The first-order chi connectivity index (χ1) is 14.1. The molecular weight excluding hydrogens is 440 g/mol. The Morgan fingerprint density at radius 2 is 1.63 bits per heavy atom. The minimum absolute atomic E-state index is 0.208. The maximum absolute atomic E-state index is 13.0. The van der Waals surface area contributed by atoms with E-state index in [1.807, 2.05) is 19.9 Å². The second-order valence-electron chi connectivity index (χ2n) is 7.36. The van der Waals surface area contributed by atoms with Gasteiger partial charge in [-0.2, -0.15) is 4.31 Å². The second-order valence-corrected chi connectivity index (χ2v) is 12.5. The van der Waals surface area contributed by atoms with Crippen molar-refractivity contribution in [1.82, 2.24) is 4.31 Å². The van der Waals surface area contributed by atoms with Gasteiger partial charge in [-0.3, -0.25) is 4.72 Å². The lowest BCUT2D eigenvalue weighted by Crippen LogP contribution is -2.36. The molecule has 0 bridgehead atoms. The number of hydrogen-bond acceptors (Lipinski definition) is 5. The van der Waals surface area contributed by atoms with Crippen LogP contribution in [0, 0.1) is 13.8 Å². The number of nitrogens with zero attached hydrogens (tertiary/aromatic N) is 1. The summed E-state index contributed by atoms with van der Waals surface area (Å²) in [5.41, 5.74) is 3.25. The van der Waals surface area contributed by atoms with Crippen LogP contribution in [0.25, 0.3) is 0 Å². The number of thiophene rings is 1. The lowest BCUT2D eigenvalue weighted by atomic mass is 10.0. The summed E-state index contributed by atoms with van der Waals surface area (Å²) in [4.78, 5) is 1.18. The van der Waals surface area contributed by atoms with Crippen LogP contribution in [-0.4, -0.2) is 27.7 Å². The number of aryl methyl sites for hydroxylation is 2. The average molecular weight is 463 g/mol. The zero-order chi connectivity index (χ0) is 21.5. The highest BCUT2D eigenvalue weighted by molar-refractivity contribution is 7.94. The van der Waals surface area contributed by atoms with Crippen LogP contribution < -0.4 is 4.72 Å². The standard InChI is InChI=1S/C21H22N2O4S3/c1-15-3-8-20(9-4-15)30(26,27)23-12-11-17-6-7-19(13-18(17)14-23)22-29(24,25)21-10-5-16(2)28-21/h3-10,13,22H,11-12,14H2,1-2H3. The Labute approximate surface area is 181 Å². The summed E-state index contributed by atoms with van der Waals surface area (Å²) in [7, 11) is -7.28. The van der Waals surface area contributed by atoms with E-state index in [0.717, 1.165) is 21.6 Å². The molecule has 0 unspecified atom stereocenters. The van der Waals surface area contributed by atoms with Crippen molar-refractivity contribution in [1.29, 1.82) is 0 Å². The largest absolute Gasteiger partial charge is 0.279 e. The predicted octanol–water partition coefficient (Wildman–Crippen LogP) is 3.91. The van der Waals surface area contributed by atoms with Crippen molar-refractivity contribution in [3.8, 4) is 0 Å². The van der Waals surface area contributed by atoms with Crippen molar-refractivity contribution in [2.24, 2.45) is 0 Å². The lowest BCUT2D eigenvalue weighted by Gasteiger charge is -2.28. The third-order valence-corrected chi connectivity index (χ3v) is 9.81. The number of nitrogens with one attached hydrogen (secondary N) is 1. The monoisotopic (exact) mass is 462 g/mol. The first-order valence-corrected chi connectivity index (χ1v) is 13.2. The molecule has 1 aliphatic heterocycles. The first kappa shape index (κ1) is 21.0. The van der Waals surface area contributed by atoms with Gasteiger partial charge >= 0.3 is 0 Å². The number of anilines is 1. The quantitative estimate of drug-likeness (QED) is 0.623. The third-order valence-electron chi connectivity index (χ3n) is 5.08. The molecule has 1 aromatic heterocycles. The minimum Gasteiger partial charge on any atom is -0.279 e. The van der Waals surface area contributed by atoms with Gasteiger partial charge in [-0.05, 0) is 67.8 Å². The highest BCUT2D eigenvalue weighted by Crippen LogP contribution is 2.29. The molecule has 30 heavy (non-hydrogen) atoms. The van der Waals surface area contributed by atoms with Crippen LogP contribution in [0.4, 0.5) is 5.69 Å². The highest BCUT2D eigenvalue weighted by Gasteiger charge is 2.28. The molecule has 0 fully saturated rings. The molecule has 0 atom stereocenters. The van der Waals surface area contributed by atoms with Crippen molar-refractivity contribution in [2.75, 3.05) is 11.3 Å². The van der Waals surface area contributed by atoms with Gasteiger partial charge in [0, 0.05) is 23.7 Å². The highest BCUT2D eigenvalue weighted by atomic mass is 32.2. The van der Waals surface area contributed by atoms with Gasteiger partial charge in [0.05, 0.1) is 4.90 Å². The summed E-state index contributed by atoms with van der Waals surface area (Å²) in [6.07, 6.45) is 0.581. The van der Waals surface area contributed by atoms with E-state index in [0.29, 0.717) is 18.7 Å². The SMILES string of the molecule is Cc1ccc(S(=O)(=O)N2CCc3ccc(NS(=O)(=O)c4ccc(C)s4)cc3C2)cc1. The fourth-order valence-electron chi connectivity index (χ4n) is 3.42. The van der Waals surface area contributed by atoms with Gasteiger partial charge in [0.2, 0.25) is 10.0 Å². The molecule has 0 amide bonds. The van der Waals surface area contributed by atoms with Crippen molar-refractivity contribution in [3.05, 3.63) is 76.2 Å². The summed E-state index contributed by atoms with van der Waals surface area (Å²) in [5.74, 6) is 0. The molecule has 9 heteroatoms. The Balaban J connectivity index is 1.58. The van der Waals surface area contributed by atoms with Crippen LogP contribution in [0.5, 0.6) is 0 Å².